The predicted molar refractivity (Wildman–Crippen MR) is 114 cm³/mol. The van der Waals surface area contributed by atoms with Crippen molar-refractivity contribution in [2.45, 2.75) is 18.0 Å². The number of thiazole rings is 1. The van der Waals surface area contributed by atoms with Gasteiger partial charge in [-0.15, -0.1) is 11.3 Å². The summed E-state index contributed by atoms with van der Waals surface area (Å²) in [6.45, 7) is 1.69. The van der Waals surface area contributed by atoms with E-state index in [4.69, 9.17) is 0 Å². The van der Waals surface area contributed by atoms with Crippen LogP contribution in [0.2, 0.25) is 0 Å². The van der Waals surface area contributed by atoms with E-state index in [2.05, 4.69) is 20.0 Å². The second-order valence-corrected chi connectivity index (χ2v) is 9.21. The number of benzene rings is 2. The summed E-state index contributed by atoms with van der Waals surface area (Å²) in [7, 11) is -3.78. The highest BCUT2D eigenvalue weighted by atomic mass is 32.2. The molecule has 2 N–H and O–H groups in total. The Balaban J connectivity index is 1.62. The van der Waals surface area contributed by atoms with Crippen LogP contribution in [0.25, 0.3) is 10.9 Å². The Morgan fingerprint density at radius 1 is 1.03 bits per heavy atom. The smallest absolute Gasteiger partial charge is 0.355 e. The largest absolute Gasteiger partial charge is 0.416 e. The number of rotatable bonds is 5. The summed E-state index contributed by atoms with van der Waals surface area (Å²) in [5, 5.41) is 5.56. The number of fused-ring (bicyclic) bond motifs is 1. The molecule has 4 rings (SSSR count). The molecular weight excluding hydrogens is 449 g/mol. The number of nitrogens with zero attached hydrogens (tertiary/aromatic N) is 2. The van der Waals surface area contributed by atoms with Gasteiger partial charge < -0.3 is 5.32 Å². The maximum Gasteiger partial charge on any atom is 0.416 e. The van der Waals surface area contributed by atoms with Gasteiger partial charge in [-0.25, -0.2) is 13.4 Å². The number of anilines is 3. The molecule has 0 bridgehead atoms. The van der Waals surface area contributed by atoms with Crippen molar-refractivity contribution >= 4 is 48.8 Å². The lowest BCUT2D eigenvalue weighted by Crippen LogP contribution is -2.12. The molecule has 0 saturated heterocycles. The number of aryl methyl sites for hydroxylation is 1. The van der Waals surface area contributed by atoms with Crippen LogP contribution in [-0.2, 0) is 16.2 Å². The Morgan fingerprint density at radius 3 is 2.42 bits per heavy atom. The maximum absolute atomic E-state index is 13.0. The van der Waals surface area contributed by atoms with Crippen LogP contribution in [0, 0.1) is 6.92 Å². The highest BCUT2D eigenvalue weighted by Crippen LogP contribution is 2.34. The summed E-state index contributed by atoms with van der Waals surface area (Å²) in [6, 6.07) is 11.1. The number of pyridine rings is 1. The summed E-state index contributed by atoms with van der Waals surface area (Å²) in [6.07, 6.45) is -2.96. The van der Waals surface area contributed by atoms with Crippen molar-refractivity contribution in [2.75, 3.05) is 10.0 Å². The molecule has 6 nitrogen and oxygen atoms in total. The minimum absolute atomic E-state index is 0.0545. The van der Waals surface area contributed by atoms with Crippen LogP contribution >= 0.6 is 11.3 Å². The van der Waals surface area contributed by atoms with Gasteiger partial charge in [0.05, 0.1) is 16.0 Å². The van der Waals surface area contributed by atoms with Crippen LogP contribution in [0.5, 0.6) is 0 Å². The van der Waals surface area contributed by atoms with Crippen LogP contribution in [0.1, 0.15) is 11.3 Å². The molecule has 0 atom stereocenters. The monoisotopic (exact) mass is 464 g/mol. The second-order valence-electron chi connectivity index (χ2n) is 6.63. The zero-order valence-corrected chi connectivity index (χ0v) is 17.6. The lowest BCUT2D eigenvalue weighted by molar-refractivity contribution is -0.137. The third-order valence-electron chi connectivity index (χ3n) is 4.36. The van der Waals surface area contributed by atoms with Crippen molar-refractivity contribution in [3.8, 4) is 0 Å². The van der Waals surface area contributed by atoms with Gasteiger partial charge in [-0.1, -0.05) is 6.07 Å². The van der Waals surface area contributed by atoms with Gasteiger partial charge in [0.15, 0.2) is 5.13 Å². The molecule has 0 saturated carbocycles. The van der Waals surface area contributed by atoms with E-state index in [1.165, 1.54) is 24.4 Å². The second kappa shape index (κ2) is 7.82. The normalized spacial score (nSPS) is 12.1. The molecule has 2 aromatic heterocycles. The molecule has 11 heteroatoms. The number of hydrogen-bond donors (Lipinski definition) is 2. The molecule has 0 aliphatic heterocycles. The van der Waals surface area contributed by atoms with E-state index in [-0.39, 0.29) is 15.5 Å². The van der Waals surface area contributed by atoms with Crippen molar-refractivity contribution in [1.82, 2.24) is 9.97 Å². The van der Waals surface area contributed by atoms with Crippen molar-refractivity contribution in [3.05, 3.63) is 71.4 Å². The summed E-state index contributed by atoms with van der Waals surface area (Å²) in [4.78, 5) is 8.15. The lowest BCUT2D eigenvalue weighted by atomic mass is 10.1. The molecule has 0 amide bonds. The average Bonchev–Trinajstić information content (AvgIpc) is 3.19. The first-order chi connectivity index (χ1) is 14.6. The van der Waals surface area contributed by atoms with E-state index < -0.39 is 21.8 Å². The molecule has 31 heavy (non-hydrogen) atoms. The molecule has 0 unspecified atom stereocenters. The topological polar surface area (TPSA) is 84.0 Å². The first kappa shape index (κ1) is 21.1. The van der Waals surface area contributed by atoms with E-state index in [0.717, 1.165) is 23.5 Å². The van der Waals surface area contributed by atoms with E-state index in [0.29, 0.717) is 22.5 Å². The van der Waals surface area contributed by atoms with Crippen molar-refractivity contribution in [3.63, 3.8) is 0 Å². The molecule has 0 fully saturated rings. The fourth-order valence-corrected chi connectivity index (χ4v) is 4.75. The van der Waals surface area contributed by atoms with Crippen molar-refractivity contribution < 1.29 is 21.6 Å². The molecule has 4 aromatic rings. The molecule has 160 valence electrons. The molecule has 2 aromatic carbocycles. The van der Waals surface area contributed by atoms with Crippen molar-refractivity contribution in [2.24, 2.45) is 0 Å². The maximum atomic E-state index is 13.0. The zero-order valence-electron chi connectivity index (χ0n) is 15.9. The molecule has 0 spiro atoms. The average molecular weight is 464 g/mol. The van der Waals surface area contributed by atoms with E-state index in [9.17, 15) is 21.6 Å². The van der Waals surface area contributed by atoms with Crippen LogP contribution in [0.4, 0.5) is 29.7 Å². The molecule has 2 heterocycles. The third kappa shape index (κ3) is 4.62. The van der Waals surface area contributed by atoms with Crippen LogP contribution in [0.3, 0.4) is 0 Å². The Hall–Kier alpha value is -3.18. The van der Waals surface area contributed by atoms with Crippen LogP contribution in [-0.4, -0.2) is 18.4 Å². The summed E-state index contributed by atoms with van der Waals surface area (Å²) < 4.78 is 66.3. The van der Waals surface area contributed by atoms with E-state index >= 15 is 0 Å². The predicted octanol–water partition coefficient (Wildman–Crippen LogP) is 5.56. The highest BCUT2D eigenvalue weighted by Gasteiger charge is 2.30. The van der Waals surface area contributed by atoms with Gasteiger partial charge in [0.25, 0.3) is 10.0 Å². The van der Waals surface area contributed by atoms with Crippen molar-refractivity contribution in [1.29, 1.82) is 0 Å². The Bertz CT molecular complexity index is 1340. The minimum Gasteiger partial charge on any atom is -0.355 e. The van der Waals surface area contributed by atoms with Gasteiger partial charge in [-0.05, 0) is 49.4 Å². The third-order valence-corrected chi connectivity index (χ3v) is 6.54. The Morgan fingerprint density at radius 2 is 1.77 bits per heavy atom. The number of sulfonamides is 1. The van der Waals surface area contributed by atoms with Gasteiger partial charge in [-0.2, -0.15) is 13.2 Å². The lowest BCUT2D eigenvalue weighted by Gasteiger charge is -2.13. The summed E-state index contributed by atoms with van der Waals surface area (Å²) in [5.74, 6) is 0. The highest BCUT2D eigenvalue weighted by molar-refractivity contribution is 7.93. The SMILES string of the molecule is Cc1cc(Nc2ccc(S(=O)(=O)Nc3nccs3)cc2)c2ccc(C(F)(F)F)cc2n1. The van der Waals surface area contributed by atoms with Crippen LogP contribution < -0.4 is 10.0 Å². The number of nitrogens with one attached hydrogen (secondary N) is 2. The Kier molecular flexibility index (Phi) is 5.31. The summed E-state index contributed by atoms with van der Waals surface area (Å²) >= 11 is 1.16. The molecular formula is C20H15F3N4O2S2. The zero-order chi connectivity index (χ0) is 22.2. The van der Waals surface area contributed by atoms with Gasteiger partial charge in [-0.3, -0.25) is 9.71 Å². The number of hydrogen-bond acceptors (Lipinski definition) is 6. The minimum atomic E-state index is -4.46. The van der Waals surface area contributed by atoms with Gasteiger partial charge in [0.2, 0.25) is 0 Å². The Labute approximate surface area is 179 Å². The molecule has 0 radical (unpaired) electrons. The number of halogens is 3. The molecule has 0 aliphatic carbocycles. The first-order valence-electron chi connectivity index (χ1n) is 8.90. The first-order valence-corrected chi connectivity index (χ1v) is 11.3. The fraction of sp³-hybridized carbons (Fsp3) is 0.100. The van der Waals surface area contributed by atoms with Gasteiger partial charge in [0.1, 0.15) is 0 Å². The standard InChI is InChI=1S/C20H15F3N4O2S2/c1-12-10-17(16-7-2-13(20(21,22)23)11-18(16)25-12)26-14-3-5-15(6-4-14)31(28,29)27-19-24-8-9-30-19/h2-11H,1H3,(H,24,27)(H,25,26). The van der Waals surface area contributed by atoms with E-state index in [1.807, 2.05) is 0 Å². The van der Waals surface area contributed by atoms with Gasteiger partial charge >= 0.3 is 6.18 Å². The molecule has 0 aliphatic rings. The number of aromatic nitrogens is 2. The summed E-state index contributed by atoms with van der Waals surface area (Å²) in [5.41, 5.74) is 1.12. The van der Waals surface area contributed by atoms with Gasteiger partial charge in [0, 0.05) is 34.0 Å². The van der Waals surface area contributed by atoms with Crippen LogP contribution in [0.15, 0.2) is 65.0 Å². The van der Waals surface area contributed by atoms with E-state index in [1.54, 1.807) is 30.5 Å². The number of alkyl halides is 3. The quantitative estimate of drug-likeness (QED) is 0.404. The fourth-order valence-electron chi connectivity index (χ4n) is 2.96.